The minimum atomic E-state index is -0.500. The lowest BCUT2D eigenvalue weighted by atomic mass is 9.63. The molecule has 0 atom stereocenters. The van der Waals surface area contributed by atoms with Crippen LogP contribution in [0.4, 0.5) is 0 Å². The van der Waals surface area contributed by atoms with E-state index in [9.17, 15) is 9.59 Å². The fraction of sp³-hybridized carbons (Fsp3) is 0.389. The van der Waals surface area contributed by atoms with Crippen LogP contribution in [-0.2, 0) is 4.74 Å². The van der Waals surface area contributed by atoms with Gasteiger partial charge in [-0.25, -0.2) is 9.79 Å². The molecule has 3 rings (SSSR count). The van der Waals surface area contributed by atoms with Gasteiger partial charge in [-0.15, -0.1) is 0 Å². The van der Waals surface area contributed by atoms with E-state index in [1.165, 1.54) is 13.2 Å². The SMILES string of the molecule is COC(=O)c1ccc(C(=O)N=C2CC3(CNC3)C2)cc1C#CCN. The summed E-state index contributed by atoms with van der Waals surface area (Å²) in [6, 6.07) is 4.68. The first-order valence-electron chi connectivity index (χ1n) is 7.80. The Bertz CT molecular complexity index is 772. The molecule has 0 bridgehead atoms. The highest BCUT2D eigenvalue weighted by Gasteiger charge is 2.46. The number of methoxy groups -OCH3 is 1. The summed E-state index contributed by atoms with van der Waals surface area (Å²) in [5.41, 5.74) is 7.80. The number of carbonyl (C=O) groups excluding carboxylic acids is 2. The number of amides is 1. The molecule has 0 aromatic heterocycles. The van der Waals surface area contributed by atoms with Crippen molar-refractivity contribution in [2.24, 2.45) is 16.1 Å². The molecule has 6 nitrogen and oxygen atoms in total. The van der Waals surface area contributed by atoms with Crippen LogP contribution in [0.3, 0.4) is 0 Å². The third-order valence-corrected chi connectivity index (χ3v) is 4.41. The number of aliphatic imine (C=N–C) groups is 1. The van der Waals surface area contributed by atoms with Crippen LogP contribution in [0, 0.1) is 17.3 Å². The van der Waals surface area contributed by atoms with Gasteiger partial charge < -0.3 is 15.8 Å². The fourth-order valence-electron chi connectivity index (χ4n) is 3.04. The summed E-state index contributed by atoms with van der Waals surface area (Å²) in [5, 5.41) is 3.25. The zero-order chi connectivity index (χ0) is 17.2. The Morgan fingerprint density at radius 1 is 1.38 bits per heavy atom. The summed E-state index contributed by atoms with van der Waals surface area (Å²) < 4.78 is 4.73. The standard InChI is InChI=1S/C18H19N3O3/c1-24-17(23)15-5-4-13(7-12(15)3-2-6-19)16(22)21-14-8-18(9-14)10-20-11-18/h4-5,7,20H,6,8-11,19H2,1H3. The van der Waals surface area contributed by atoms with Crippen molar-refractivity contribution < 1.29 is 14.3 Å². The van der Waals surface area contributed by atoms with Crippen LogP contribution >= 0.6 is 0 Å². The Kier molecular flexibility index (Phi) is 4.47. The van der Waals surface area contributed by atoms with Crippen molar-refractivity contribution in [3.05, 3.63) is 34.9 Å². The number of nitrogens with two attached hydrogens (primary N) is 1. The molecular formula is C18H19N3O3. The van der Waals surface area contributed by atoms with E-state index in [1.54, 1.807) is 12.1 Å². The zero-order valence-corrected chi connectivity index (χ0v) is 13.5. The maximum Gasteiger partial charge on any atom is 0.339 e. The van der Waals surface area contributed by atoms with Crippen LogP contribution in [0.2, 0.25) is 0 Å². The van der Waals surface area contributed by atoms with E-state index in [4.69, 9.17) is 10.5 Å². The summed E-state index contributed by atoms with van der Waals surface area (Å²) in [6.07, 6.45) is 1.76. The van der Waals surface area contributed by atoms with Gasteiger partial charge in [0.15, 0.2) is 0 Å². The molecule has 1 aromatic carbocycles. The van der Waals surface area contributed by atoms with E-state index in [0.717, 1.165) is 31.6 Å². The number of nitrogens with one attached hydrogen (secondary N) is 1. The van der Waals surface area contributed by atoms with Gasteiger partial charge >= 0.3 is 5.97 Å². The molecule has 124 valence electrons. The highest BCUT2D eigenvalue weighted by atomic mass is 16.5. The average molecular weight is 325 g/mol. The molecular weight excluding hydrogens is 306 g/mol. The lowest BCUT2D eigenvalue weighted by molar-refractivity contribution is 0.0600. The van der Waals surface area contributed by atoms with Crippen LogP contribution in [0.5, 0.6) is 0 Å². The van der Waals surface area contributed by atoms with E-state index < -0.39 is 5.97 Å². The molecule has 1 amide bonds. The quantitative estimate of drug-likeness (QED) is 0.618. The normalized spacial score (nSPS) is 17.2. The lowest BCUT2D eigenvalue weighted by Gasteiger charge is -2.50. The number of rotatable bonds is 2. The Labute approximate surface area is 140 Å². The molecule has 6 heteroatoms. The lowest BCUT2D eigenvalue weighted by Crippen LogP contribution is -2.60. The molecule has 24 heavy (non-hydrogen) atoms. The fourth-order valence-corrected chi connectivity index (χ4v) is 3.04. The van der Waals surface area contributed by atoms with Crippen molar-refractivity contribution in [3.63, 3.8) is 0 Å². The summed E-state index contributed by atoms with van der Waals surface area (Å²) in [6.45, 7) is 2.18. The number of ether oxygens (including phenoxy) is 1. The van der Waals surface area contributed by atoms with Gasteiger partial charge in [0.1, 0.15) is 0 Å². The van der Waals surface area contributed by atoms with E-state index in [1.807, 2.05) is 0 Å². The maximum atomic E-state index is 12.3. The first kappa shape index (κ1) is 16.4. The molecule has 1 saturated heterocycles. The number of hydrogen-bond acceptors (Lipinski definition) is 5. The minimum absolute atomic E-state index is 0.164. The Morgan fingerprint density at radius 2 is 2.12 bits per heavy atom. The van der Waals surface area contributed by atoms with E-state index in [2.05, 4.69) is 22.2 Å². The Balaban J connectivity index is 1.81. The topological polar surface area (TPSA) is 93.8 Å². The monoisotopic (exact) mass is 325 g/mol. The van der Waals surface area contributed by atoms with Crippen LogP contribution in [0.1, 0.15) is 39.1 Å². The van der Waals surface area contributed by atoms with Crippen molar-refractivity contribution in [1.82, 2.24) is 5.32 Å². The molecule has 1 heterocycles. The smallest absolute Gasteiger partial charge is 0.339 e. The summed E-state index contributed by atoms with van der Waals surface area (Å²) in [7, 11) is 1.30. The number of nitrogens with zero attached hydrogens (tertiary/aromatic N) is 1. The zero-order valence-electron chi connectivity index (χ0n) is 13.5. The van der Waals surface area contributed by atoms with Crippen molar-refractivity contribution in [1.29, 1.82) is 0 Å². The van der Waals surface area contributed by atoms with E-state index >= 15 is 0 Å². The Hall–Kier alpha value is -2.49. The van der Waals surface area contributed by atoms with Gasteiger partial charge in [0.2, 0.25) is 0 Å². The summed E-state index contributed by atoms with van der Waals surface area (Å²) in [5.74, 6) is 4.70. The van der Waals surface area contributed by atoms with Crippen LogP contribution in [0.25, 0.3) is 0 Å². The van der Waals surface area contributed by atoms with Gasteiger partial charge in [-0.05, 0) is 31.0 Å². The van der Waals surface area contributed by atoms with Gasteiger partial charge in [-0.3, -0.25) is 4.79 Å². The number of esters is 1. The Morgan fingerprint density at radius 3 is 2.71 bits per heavy atom. The van der Waals surface area contributed by atoms with Crippen molar-refractivity contribution in [3.8, 4) is 11.8 Å². The molecule has 2 aliphatic rings. The summed E-state index contributed by atoms with van der Waals surface area (Å²) in [4.78, 5) is 28.3. The third kappa shape index (κ3) is 3.09. The van der Waals surface area contributed by atoms with Gasteiger partial charge in [-0.1, -0.05) is 11.8 Å². The van der Waals surface area contributed by atoms with Crippen LogP contribution < -0.4 is 11.1 Å². The van der Waals surface area contributed by atoms with E-state index in [0.29, 0.717) is 22.1 Å². The van der Waals surface area contributed by atoms with Gasteiger partial charge in [0, 0.05) is 35.3 Å². The molecule has 3 N–H and O–H groups in total. The molecule has 1 aliphatic heterocycles. The number of carbonyl (C=O) groups is 2. The van der Waals surface area contributed by atoms with E-state index in [-0.39, 0.29) is 12.5 Å². The summed E-state index contributed by atoms with van der Waals surface area (Å²) >= 11 is 0. The average Bonchev–Trinajstić information content (AvgIpc) is 2.52. The molecule has 0 radical (unpaired) electrons. The second-order valence-corrected chi connectivity index (χ2v) is 6.20. The largest absolute Gasteiger partial charge is 0.465 e. The van der Waals surface area contributed by atoms with Crippen LogP contribution in [-0.4, -0.2) is 44.3 Å². The minimum Gasteiger partial charge on any atom is -0.465 e. The molecule has 1 saturated carbocycles. The first-order valence-corrected chi connectivity index (χ1v) is 7.80. The second-order valence-electron chi connectivity index (χ2n) is 6.20. The highest BCUT2D eigenvalue weighted by Crippen LogP contribution is 2.42. The molecule has 2 fully saturated rings. The third-order valence-electron chi connectivity index (χ3n) is 4.41. The van der Waals surface area contributed by atoms with Crippen molar-refractivity contribution in [2.45, 2.75) is 12.8 Å². The first-order chi connectivity index (χ1) is 11.6. The second kappa shape index (κ2) is 6.56. The van der Waals surface area contributed by atoms with Gasteiger partial charge in [-0.2, -0.15) is 0 Å². The van der Waals surface area contributed by atoms with Gasteiger partial charge in [0.25, 0.3) is 5.91 Å². The molecule has 1 spiro atoms. The molecule has 0 unspecified atom stereocenters. The van der Waals surface area contributed by atoms with Crippen molar-refractivity contribution in [2.75, 3.05) is 26.7 Å². The number of hydrogen-bond donors (Lipinski definition) is 2. The predicted molar refractivity (Wildman–Crippen MR) is 90.0 cm³/mol. The molecule has 1 aliphatic carbocycles. The highest BCUT2D eigenvalue weighted by molar-refractivity contribution is 6.07. The maximum absolute atomic E-state index is 12.3. The van der Waals surface area contributed by atoms with Gasteiger partial charge in [0.05, 0.1) is 19.2 Å². The van der Waals surface area contributed by atoms with Crippen LogP contribution in [0.15, 0.2) is 23.2 Å². The predicted octanol–water partition coefficient (Wildman–Crippen LogP) is 0.748. The number of benzene rings is 1. The molecule has 1 aromatic rings. The van der Waals surface area contributed by atoms with Crippen molar-refractivity contribution >= 4 is 17.6 Å².